The molecule has 3 aliphatic heterocycles. The van der Waals surface area contributed by atoms with Crippen LogP contribution >= 0.6 is 25.8 Å². The zero-order chi connectivity index (χ0) is 65.2. The molecule has 0 bridgehead atoms. The van der Waals surface area contributed by atoms with Crippen molar-refractivity contribution in [2.45, 2.75) is 102 Å². The van der Waals surface area contributed by atoms with Gasteiger partial charge in [-0.25, -0.2) is 57.6 Å². The maximum atomic E-state index is 16.7. The second kappa shape index (κ2) is 29.8. The number of hydrogen-bond donors (Lipinski definition) is 10. The second-order valence-corrected chi connectivity index (χ2v) is 25.9. The summed E-state index contributed by atoms with van der Waals surface area (Å²) in [5.74, 6) is -3.75. The third-order valence-corrected chi connectivity index (χ3v) is 16.0. The number of nitrogens with two attached hydrogens (primary N) is 2. The van der Waals surface area contributed by atoms with E-state index in [0.717, 1.165) is 45.5 Å². The summed E-state index contributed by atoms with van der Waals surface area (Å²) in [4.78, 5) is 147. The van der Waals surface area contributed by atoms with Crippen molar-refractivity contribution >= 4 is 125 Å². The quantitative estimate of drug-likeness (QED) is 0.0148. The van der Waals surface area contributed by atoms with Gasteiger partial charge < -0.3 is 70.9 Å². The molecule has 7 heterocycles. The first-order valence-corrected chi connectivity index (χ1v) is 32.4. The number of benzene rings is 1. The Hall–Kier alpha value is -7.97. The molecule has 3 aliphatic rings. The number of imidazole rings is 2. The van der Waals surface area contributed by atoms with Crippen LogP contribution in [0.4, 0.5) is 40.5 Å². The zero-order valence-corrected chi connectivity index (χ0v) is 51.2. The number of carbonyl (C=O) groups is 8. The Morgan fingerprint density at radius 1 is 0.889 bits per heavy atom. The lowest BCUT2D eigenvalue weighted by Gasteiger charge is -2.25. The number of nitrogens with zero attached hydrogens (tertiary/aromatic N) is 10. The van der Waals surface area contributed by atoms with E-state index in [9.17, 15) is 52.7 Å². The molecule has 0 radical (unpaired) electrons. The van der Waals surface area contributed by atoms with E-state index < -0.39 is 136 Å². The molecule has 1 aromatic carbocycles. The lowest BCUT2D eigenvalue weighted by atomic mass is 10.0. The molecule has 8 rings (SSSR count). The third kappa shape index (κ3) is 17.7. The average Bonchev–Trinajstić information content (AvgIpc) is 1.75. The highest BCUT2D eigenvalue weighted by atomic mass is 32.7. The smallest absolute Gasteiger partial charge is 0.412 e. The first kappa shape index (κ1) is 68.0. The number of likely N-dealkylation sites (N-methyl/N-ethyl adjacent to an activating group) is 1. The molecule has 1 unspecified atom stereocenters. The maximum absolute atomic E-state index is 16.7. The normalized spacial score (nSPS) is 21.3. The lowest BCUT2D eigenvalue weighted by Crippen LogP contribution is -2.54. The molecule has 9 amide bonds. The van der Waals surface area contributed by atoms with Crippen molar-refractivity contribution in [3.05, 3.63) is 67.3 Å². The summed E-state index contributed by atoms with van der Waals surface area (Å²) < 4.78 is 86.2. The Balaban J connectivity index is 0.802. The summed E-state index contributed by atoms with van der Waals surface area (Å²) >= 11 is 8.55. The topological polar surface area (TPSA) is 465 Å². The lowest BCUT2D eigenvalue weighted by molar-refractivity contribution is -0.137. The second-order valence-electron chi connectivity index (χ2n) is 20.4. The van der Waals surface area contributed by atoms with Crippen molar-refractivity contribution in [2.75, 3.05) is 56.3 Å². The molecule has 41 heteroatoms. The fourth-order valence-electron chi connectivity index (χ4n) is 9.13. The standard InChI is InChI=1S/C49H61F2N17O18P2S2/c1-24(2)35(63-30(69)12-14-66-31(70)10-11-32(66)71)44(73)62-28(5-4-13-54-47(53)74)43(72)61-26-8-6-25(7-9-26)18-81-49(76)65(3)15-16-80-48(75)64-40-37-42(58-21-56-40)68(23-60-37)46-34(51)38(29(83-46)19-82-87(77,78)89)86-88(79,90)85-33-17-27(50)45(84-33)67-22-59-36-39(52)55-20-57-41(36)67/h6-11,20-24,27-29,33-35,38,45-46H,4-5,12-19H2,1-3H3,(H,61,72)(H,62,73)(H,63,69)(H,79,90)(H2,52,55,57)(H3,53,54,74)(H2,77,78,89)(H,56,58,64,75)/t27-,28+,29-,33-,34-,35+,38-,45-,46-,88?/m1/s1. The van der Waals surface area contributed by atoms with Gasteiger partial charge in [-0.2, -0.15) is 0 Å². The van der Waals surface area contributed by atoms with E-state index in [-0.39, 0.29) is 91.8 Å². The van der Waals surface area contributed by atoms with Gasteiger partial charge in [-0.15, -0.1) is 0 Å². The van der Waals surface area contributed by atoms with Crippen LogP contribution in [-0.2, 0) is 79.5 Å². The van der Waals surface area contributed by atoms with E-state index in [1.54, 1.807) is 26.0 Å². The van der Waals surface area contributed by atoms with E-state index in [2.05, 4.69) is 80.5 Å². The SMILES string of the molecule is CC(C)[C@H](NC(=O)CCN1C(=O)C=CC1=O)C(=O)N[C@@H](CCCNC(N)=O)C(=O)Nc1ccc(COC(=O)N(C)CCOC(=O)Nc2ncnc3c2ncn3[C@@H]2O[C@H](COP(O)(O)=S)[C@@H](OP(=O)(S)O[C@@H]3C[C@@H](F)[C@H](n4cnc5c(N)ncnc54)O3)[C@H]2F)cc1. The van der Waals surface area contributed by atoms with Gasteiger partial charge in [0.05, 0.1) is 25.8 Å². The number of aromatic nitrogens is 8. The summed E-state index contributed by atoms with van der Waals surface area (Å²) in [6.07, 6.45) is -8.11. The summed E-state index contributed by atoms with van der Waals surface area (Å²) in [6.45, 7) is -7.48. The van der Waals surface area contributed by atoms with E-state index in [1.807, 2.05) is 0 Å². The Morgan fingerprint density at radius 2 is 1.56 bits per heavy atom. The van der Waals surface area contributed by atoms with Crippen LogP contribution in [0, 0.1) is 5.92 Å². The Kier molecular flexibility index (Phi) is 22.5. The minimum absolute atomic E-state index is 0.0236. The number of halogens is 2. The molecule has 90 heavy (non-hydrogen) atoms. The van der Waals surface area contributed by atoms with Crippen molar-refractivity contribution < 1.29 is 94.0 Å². The fourth-order valence-corrected chi connectivity index (χ4v) is 11.3. The third-order valence-electron chi connectivity index (χ3n) is 13.6. The molecular weight excluding hydrogens is 1280 g/mol. The number of ether oxygens (including phenoxy) is 4. The average molecular weight is 1340 g/mol. The van der Waals surface area contributed by atoms with Crippen molar-refractivity contribution in [2.24, 2.45) is 11.7 Å². The number of carbonyl (C=O) groups excluding carboxylic acids is 8. The van der Waals surface area contributed by atoms with Gasteiger partial charge in [0.15, 0.2) is 59.5 Å². The van der Waals surface area contributed by atoms with Crippen LogP contribution in [0.3, 0.4) is 0 Å². The number of nitrogen functional groups attached to an aromatic ring is 1. The molecular formula is C49H61F2N17O18P2S2. The molecule has 0 saturated carbocycles. The highest BCUT2D eigenvalue weighted by Gasteiger charge is 2.52. The maximum Gasteiger partial charge on any atom is 0.412 e. The molecule has 0 aliphatic carbocycles. The number of imide groups is 1. The summed E-state index contributed by atoms with van der Waals surface area (Å²) in [5.41, 5.74) is 11.9. The van der Waals surface area contributed by atoms with Gasteiger partial charge in [-0.1, -0.05) is 38.2 Å². The van der Waals surface area contributed by atoms with E-state index in [1.165, 1.54) is 30.1 Å². The molecule has 0 spiro atoms. The van der Waals surface area contributed by atoms with Crippen LogP contribution in [0.1, 0.15) is 57.6 Å². The Bertz CT molecular complexity index is 3610. The van der Waals surface area contributed by atoms with E-state index in [4.69, 9.17) is 44.0 Å². The van der Waals surface area contributed by atoms with Crippen LogP contribution < -0.4 is 38.1 Å². The zero-order valence-electron chi connectivity index (χ0n) is 47.7. The van der Waals surface area contributed by atoms with Gasteiger partial charge in [-0.3, -0.25) is 52.4 Å². The minimum atomic E-state index is -4.73. The fraction of sp³-hybridized carbons (Fsp3) is 0.469. The van der Waals surface area contributed by atoms with Crippen LogP contribution in [0.5, 0.6) is 0 Å². The van der Waals surface area contributed by atoms with Crippen LogP contribution in [0.2, 0.25) is 0 Å². The molecule has 5 aromatic rings. The predicted octanol–water partition coefficient (Wildman–Crippen LogP) is 1.88. The number of thiol groups is 1. The van der Waals surface area contributed by atoms with Gasteiger partial charge in [0.25, 0.3) is 11.8 Å². The number of hydrogen-bond acceptors (Lipinski definition) is 24. The summed E-state index contributed by atoms with van der Waals surface area (Å²) in [7, 11) is 1.37. The van der Waals surface area contributed by atoms with E-state index in [0.29, 0.717) is 5.56 Å². The molecule has 2 fully saturated rings. The van der Waals surface area contributed by atoms with Crippen molar-refractivity contribution in [3.8, 4) is 0 Å². The predicted molar refractivity (Wildman–Crippen MR) is 313 cm³/mol. The highest BCUT2D eigenvalue weighted by Crippen LogP contribution is 2.59. The number of anilines is 3. The number of alkyl halides is 2. The largest absolute Gasteiger partial charge is 0.447 e. The molecule has 11 N–H and O–H groups in total. The van der Waals surface area contributed by atoms with Gasteiger partial charge in [0.2, 0.25) is 17.7 Å². The first-order valence-electron chi connectivity index (χ1n) is 27.1. The number of fused-ring (bicyclic) bond motifs is 2. The number of rotatable bonds is 28. The Labute approximate surface area is 518 Å². The van der Waals surface area contributed by atoms with Crippen molar-refractivity contribution in [1.82, 2.24) is 64.8 Å². The number of urea groups is 1. The molecule has 10 atom stereocenters. The summed E-state index contributed by atoms with van der Waals surface area (Å²) in [5, 5.41) is 12.8. The first-order chi connectivity index (χ1) is 42.6. The van der Waals surface area contributed by atoms with Gasteiger partial charge >= 0.3 is 31.7 Å². The van der Waals surface area contributed by atoms with Crippen LogP contribution in [0.15, 0.2) is 61.7 Å². The monoisotopic (exact) mass is 1340 g/mol. The van der Waals surface area contributed by atoms with Crippen molar-refractivity contribution in [1.29, 1.82) is 0 Å². The van der Waals surface area contributed by atoms with Crippen molar-refractivity contribution in [3.63, 3.8) is 0 Å². The number of amides is 9. The van der Waals surface area contributed by atoms with E-state index >= 15 is 8.78 Å². The number of nitrogens with one attached hydrogen (secondary N) is 5. The molecule has 486 valence electrons. The highest BCUT2D eigenvalue weighted by molar-refractivity contribution is 8.44. The molecule has 4 aromatic heterocycles. The van der Waals surface area contributed by atoms with Crippen LogP contribution in [0.25, 0.3) is 22.3 Å². The van der Waals surface area contributed by atoms with Gasteiger partial charge in [0, 0.05) is 50.8 Å². The van der Waals surface area contributed by atoms with Crippen LogP contribution in [-0.4, -0.2) is 189 Å². The van der Waals surface area contributed by atoms with Gasteiger partial charge in [0.1, 0.15) is 55.7 Å². The molecule has 35 nitrogen and oxygen atoms in total. The summed E-state index contributed by atoms with van der Waals surface area (Å²) in [6, 6.07) is 3.06. The molecule has 2 saturated heterocycles. The minimum Gasteiger partial charge on any atom is -0.447 e. The Morgan fingerprint density at radius 3 is 2.23 bits per heavy atom. The number of primary amides is 1. The van der Waals surface area contributed by atoms with Gasteiger partial charge in [-0.05, 0) is 48.3 Å².